The van der Waals surface area contributed by atoms with Gasteiger partial charge in [0, 0.05) is 18.3 Å². The zero-order chi connectivity index (χ0) is 16.5. The average molecular weight is 321 g/mol. The Bertz CT molecular complexity index is 531. The van der Waals surface area contributed by atoms with Gasteiger partial charge in [0.2, 0.25) is 0 Å². The number of fused-ring (bicyclic) bond motifs is 5. The third-order valence-electron chi connectivity index (χ3n) is 8.56. The van der Waals surface area contributed by atoms with Crippen molar-refractivity contribution in [3.63, 3.8) is 0 Å². The SMILES string of the molecule is C[C@]12CCC(O)(O)CC1CC[C@@H]1[C@@H]2CC[C@]2(C)C(=NO)CC[C@@H]12. The molecule has 0 aliphatic heterocycles. The van der Waals surface area contributed by atoms with Crippen LogP contribution in [0.15, 0.2) is 5.16 Å². The summed E-state index contributed by atoms with van der Waals surface area (Å²) in [6, 6.07) is 0. The molecule has 4 fully saturated rings. The molecule has 4 heteroatoms. The Morgan fingerprint density at radius 2 is 1.74 bits per heavy atom. The first kappa shape index (κ1) is 15.9. The smallest absolute Gasteiger partial charge is 0.162 e. The van der Waals surface area contributed by atoms with Gasteiger partial charge in [-0.3, -0.25) is 0 Å². The highest BCUT2D eigenvalue weighted by molar-refractivity contribution is 5.91. The van der Waals surface area contributed by atoms with Crippen LogP contribution in [0.4, 0.5) is 0 Å². The maximum absolute atomic E-state index is 10.1. The second kappa shape index (κ2) is 4.95. The number of oxime groups is 1. The molecule has 130 valence electrons. The Labute approximate surface area is 139 Å². The highest BCUT2D eigenvalue weighted by Gasteiger charge is 2.60. The van der Waals surface area contributed by atoms with Gasteiger partial charge in [-0.05, 0) is 74.0 Å². The van der Waals surface area contributed by atoms with Gasteiger partial charge in [0.15, 0.2) is 5.79 Å². The fourth-order valence-corrected chi connectivity index (χ4v) is 7.18. The van der Waals surface area contributed by atoms with E-state index in [2.05, 4.69) is 19.0 Å². The summed E-state index contributed by atoms with van der Waals surface area (Å²) in [6.07, 6.45) is 8.80. The topological polar surface area (TPSA) is 73.0 Å². The number of aliphatic hydroxyl groups is 2. The van der Waals surface area contributed by atoms with Crippen LogP contribution in [0.3, 0.4) is 0 Å². The molecule has 6 atom stereocenters. The summed E-state index contributed by atoms with van der Waals surface area (Å²) in [7, 11) is 0. The average Bonchev–Trinajstić information content (AvgIpc) is 2.84. The molecule has 4 rings (SSSR count). The molecule has 0 spiro atoms. The summed E-state index contributed by atoms with van der Waals surface area (Å²) in [5.74, 6) is 1.08. The maximum Gasteiger partial charge on any atom is 0.162 e. The molecule has 0 radical (unpaired) electrons. The summed E-state index contributed by atoms with van der Waals surface area (Å²) < 4.78 is 0. The quantitative estimate of drug-likeness (QED) is 0.363. The fraction of sp³-hybridized carbons (Fsp3) is 0.947. The van der Waals surface area contributed by atoms with Gasteiger partial charge in [-0.1, -0.05) is 19.0 Å². The lowest BCUT2D eigenvalue weighted by atomic mass is 9.45. The van der Waals surface area contributed by atoms with Crippen LogP contribution in [0.1, 0.15) is 71.6 Å². The minimum absolute atomic E-state index is 0.103. The Kier molecular flexibility index (Phi) is 3.42. The summed E-state index contributed by atoms with van der Waals surface area (Å²) in [5, 5.41) is 33.2. The second-order valence-corrected chi connectivity index (χ2v) is 9.39. The van der Waals surface area contributed by atoms with Gasteiger partial charge < -0.3 is 15.4 Å². The molecular formula is C19H31NO3. The van der Waals surface area contributed by atoms with Crippen LogP contribution in [0.2, 0.25) is 0 Å². The minimum atomic E-state index is -1.44. The molecule has 3 N–H and O–H groups in total. The summed E-state index contributed by atoms with van der Waals surface area (Å²) in [6.45, 7) is 4.74. The summed E-state index contributed by atoms with van der Waals surface area (Å²) in [5.41, 5.74) is 1.39. The van der Waals surface area contributed by atoms with Crippen molar-refractivity contribution in [2.24, 2.45) is 39.7 Å². The van der Waals surface area contributed by atoms with Crippen molar-refractivity contribution in [3.8, 4) is 0 Å². The molecule has 0 amide bonds. The molecule has 0 aromatic heterocycles. The predicted molar refractivity (Wildman–Crippen MR) is 88.1 cm³/mol. The van der Waals surface area contributed by atoms with Gasteiger partial charge in [-0.2, -0.15) is 0 Å². The van der Waals surface area contributed by atoms with Crippen molar-refractivity contribution in [2.75, 3.05) is 0 Å². The molecule has 0 aromatic carbocycles. The van der Waals surface area contributed by atoms with E-state index >= 15 is 0 Å². The zero-order valence-corrected chi connectivity index (χ0v) is 14.5. The van der Waals surface area contributed by atoms with Gasteiger partial charge in [0.1, 0.15) is 0 Å². The predicted octanol–water partition coefficient (Wildman–Crippen LogP) is 3.54. The number of hydrogen-bond acceptors (Lipinski definition) is 4. The van der Waals surface area contributed by atoms with Crippen LogP contribution in [0.25, 0.3) is 0 Å². The van der Waals surface area contributed by atoms with Gasteiger partial charge in [0.05, 0.1) is 5.71 Å². The fourth-order valence-electron chi connectivity index (χ4n) is 7.18. The summed E-state index contributed by atoms with van der Waals surface area (Å²) in [4.78, 5) is 0. The summed E-state index contributed by atoms with van der Waals surface area (Å²) >= 11 is 0. The van der Waals surface area contributed by atoms with E-state index in [-0.39, 0.29) is 10.8 Å². The lowest BCUT2D eigenvalue weighted by Gasteiger charge is -2.60. The van der Waals surface area contributed by atoms with Gasteiger partial charge in [-0.25, -0.2) is 0 Å². The van der Waals surface area contributed by atoms with Crippen LogP contribution in [-0.2, 0) is 0 Å². The van der Waals surface area contributed by atoms with Crippen LogP contribution >= 0.6 is 0 Å². The molecule has 0 saturated heterocycles. The molecule has 0 aromatic rings. The van der Waals surface area contributed by atoms with Gasteiger partial charge >= 0.3 is 0 Å². The zero-order valence-electron chi connectivity index (χ0n) is 14.5. The number of rotatable bonds is 0. The Balaban J connectivity index is 1.63. The first-order valence-electron chi connectivity index (χ1n) is 9.46. The monoisotopic (exact) mass is 321 g/mol. The van der Waals surface area contributed by atoms with Crippen molar-refractivity contribution in [2.45, 2.75) is 77.4 Å². The molecular weight excluding hydrogens is 290 g/mol. The van der Waals surface area contributed by atoms with E-state index in [1.807, 2.05) is 0 Å². The standard InChI is InChI=1S/C19H31NO3/c1-17-9-10-19(21,22)11-12(17)3-4-13-14-5-6-16(20-23)18(14,2)8-7-15(13)17/h12-15,21-23H,3-11H2,1-2H3/t12?,13-,14-,15-,17-,18-/m0/s1. The Hall–Kier alpha value is -0.610. The van der Waals surface area contributed by atoms with Crippen LogP contribution in [-0.4, -0.2) is 26.9 Å². The third-order valence-corrected chi connectivity index (χ3v) is 8.56. The number of hydrogen-bond donors (Lipinski definition) is 3. The first-order chi connectivity index (χ1) is 10.8. The normalized spacial score (nSPS) is 53.5. The Morgan fingerprint density at radius 1 is 0.957 bits per heavy atom. The van der Waals surface area contributed by atoms with E-state index in [0.29, 0.717) is 30.6 Å². The van der Waals surface area contributed by atoms with Crippen molar-refractivity contribution in [1.82, 2.24) is 0 Å². The maximum atomic E-state index is 10.1. The van der Waals surface area contributed by atoms with E-state index < -0.39 is 5.79 Å². The lowest BCUT2D eigenvalue weighted by Crippen LogP contribution is -2.56. The minimum Gasteiger partial charge on any atom is -0.411 e. The van der Waals surface area contributed by atoms with Gasteiger partial charge in [-0.15, -0.1) is 0 Å². The van der Waals surface area contributed by atoms with Crippen LogP contribution < -0.4 is 0 Å². The third kappa shape index (κ3) is 2.13. The molecule has 23 heavy (non-hydrogen) atoms. The number of nitrogens with zero attached hydrogens (tertiary/aromatic N) is 1. The molecule has 4 aliphatic rings. The molecule has 4 nitrogen and oxygen atoms in total. The van der Waals surface area contributed by atoms with Crippen molar-refractivity contribution >= 4 is 5.71 Å². The van der Waals surface area contributed by atoms with Crippen molar-refractivity contribution in [3.05, 3.63) is 0 Å². The first-order valence-corrected chi connectivity index (χ1v) is 9.46. The molecule has 1 unspecified atom stereocenters. The van der Waals surface area contributed by atoms with E-state index in [1.165, 1.54) is 19.3 Å². The molecule has 4 saturated carbocycles. The highest BCUT2D eigenvalue weighted by Crippen LogP contribution is 2.66. The van der Waals surface area contributed by atoms with Crippen LogP contribution in [0, 0.1) is 34.5 Å². The van der Waals surface area contributed by atoms with E-state index in [1.54, 1.807) is 0 Å². The van der Waals surface area contributed by atoms with Crippen molar-refractivity contribution < 1.29 is 15.4 Å². The molecule has 0 bridgehead atoms. The Morgan fingerprint density at radius 3 is 2.48 bits per heavy atom. The second-order valence-electron chi connectivity index (χ2n) is 9.39. The van der Waals surface area contributed by atoms with Crippen LogP contribution in [0.5, 0.6) is 0 Å². The lowest BCUT2D eigenvalue weighted by molar-refractivity contribution is -0.231. The van der Waals surface area contributed by atoms with Crippen molar-refractivity contribution in [1.29, 1.82) is 0 Å². The molecule has 4 aliphatic carbocycles. The van der Waals surface area contributed by atoms with E-state index in [0.717, 1.165) is 37.3 Å². The highest BCUT2D eigenvalue weighted by atomic mass is 16.5. The molecule has 0 heterocycles. The largest absolute Gasteiger partial charge is 0.411 e. The van der Waals surface area contributed by atoms with E-state index in [4.69, 9.17) is 0 Å². The van der Waals surface area contributed by atoms with Gasteiger partial charge in [0.25, 0.3) is 0 Å². The van der Waals surface area contributed by atoms with E-state index in [9.17, 15) is 15.4 Å².